The molecule has 0 aliphatic carbocycles. The van der Waals surface area contributed by atoms with Gasteiger partial charge in [0.25, 0.3) is 5.69 Å². The van der Waals surface area contributed by atoms with Crippen LogP contribution in [0.25, 0.3) is 33.4 Å². The van der Waals surface area contributed by atoms with Gasteiger partial charge in [0.15, 0.2) is 0 Å². The topological polar surface area (TPSA) is 141 Å². The second kappa shape index (κ2) is 8.34. The van der Waals surface area contributed by atoms with Crippen molar-refractivity contribution < 1.29 is 14.8 Å². The first-order chi connectivity index (χ1) is 15.7. The number of hydrogen-bond donors (Lipinski definition) is 2. The van der Waals surface area contributed by atoms with Crippen molar-refractivity contribution in [3.63, 3.8) is 0 Å². The predicted molar refractivity (Wildman–Crippen MR) is 123 cm³/mol. The average Bonchev–Trinajstić information content (AvgIpc) is 3.35. The van der Waals surface area contributed by atoms with E-state index in [0.717, 1.165) is 22.2 Å². The van der Waals surface area contributed by atoms with Crippen molar-refractivity contribution in [2.24, 2.45) is 20.0 Å². The van der Waals surface area contributed by atoms with Gasteiger partial charge in [-0.2, -0.15) is 10.2 Å². The minimum absolute atomic E-state index is 0.175. The zero-order chi connectivity index (χ0) is 23.9. The number of pyridine rings is 1. The summed E-state index contributed by atoms with van der Waals surface area (Å²) in [6, 6.07) is 6.31. The minimum Gasteiger partial charge on any atom is -0.481 e. The Morgan fingerprint density at radius 3 is 2.58 bits per heavy atom. The third kappa shape index (κ3) is 4.00. The van der Waals surface area contributed by atoms with Crippen LogP contribution in [0.3, 0.4) is 0 Å². The molecule has 2 unspecified atom stereocenters. The highest BCUT2D eigenvalue weighted by molar-refractivity contribution is 5.97. The summed E-state index contributed by atoms with van der Waals surface area (Å²) in [5.74, 6) is -1.77. The summed E-state index contributed by atoms with van der Waals surface area (Å²) in [4.78, 5) is 27.1. The van der Waals surface area contributed by atoms with Crippen LogP contribution in [-0.4, -0.2) is 46.6 Å². The lowest BCUT2D eigenvalue weighted by Gasteiger charge is -2.20. The highest BCUT2D eigenvalue weighted by Gasteiger charge is 2.26. The highest BCUT2D eigenvalue weighted by Crippen LogP contribution is 2.37. The quantitative estimate of drug-likeness (QED) is 0.323. The predicted octanol–water partition coefficient (Wildman–Crippen LogP) is 3.47. The van der Waals surface area contributed by atoms with E-state index in [1.165, 1.54) is 12.3 Å². The van der Waals surface area contributed by atoms with E-state index < -0.39 is 22.9 Å². The molecule has 0 bridgehead atoms. The van der Waals surface area contributed by atoms with E-state index in [-0.39, 0.29) is 11.4 Å². The number of rotatable bonds is 7. The minimum atomic E-state index is -0.999. The molecule has 11 nitrogen and oxygen atoms in total. The van der Waals surface area contributed by atoms with Gasteiger partial charge in [-0.15, -0.1) is 0 Å². The fraction of sp³-hybridized carbons (Fsp3) is 0.273. The van der Waals surface area contributed by atoms with Crippen LogP contribution in [0.2, 0.25) is 0 Å². The standard InChI is InChI=1S/C22H23N7O4/c1-12(22(30)31)13(2)25-21-18(29(32)33)7-8-23-20(21)14-5-6-17-16(9-14)19(26-28(17)4)15-10-24-27(3)11-15/h5-13,25H,1-4H3,(H,30,31). The molecule has 0 fully saturated rings. The van der Waals surface area contributed by atoms with Crippen LogP contribution in [0.1, 0.15) is 13.8 Å². The molecule has 2 atom stereocenters. The maximum Gasteiger partial charge on any atom is 0.308 e. The number of aryl methyl sites for hydroxylation is 2. The van der Waals surface area contributed by atoms with Crippen LogP contribution < -0.4 is 5.32 Å². The van der Waals surface area contributed by atoms with Crippen LogP contribution in [0, 0.1) is 16.0 Å². The van der Waals surface area contributed by atoms with Gasteiger partial charge in [-0.3, -0.25) is 29.3 Å². The van der Waals surface area contributed by atoms with Crippen LogP contribution in [-0.2, 0) is 18.9 Å². The molecule has 0 radical (unpaired) electrons. The van der Waals surface area contributed by atoms with Gasteiger partial charge in [0.2, 0.25) is 0 Å². The van der Waals surface area contributed by atoms with Crippen LogP contribution >= 0.6 is 0 Å². The molecule has 2 N–H and O–H groups in total. The Morgan fingerprint density at radius 2 is 1.94 bits per heavy atom. The summed E-state index contributed by atoms with van der Waals surface area (Å²) < 4.78 is 3.45. The van der Waals surface area contributed by atoms with E-state index in [4.69, 9.17) is 0 Å². The van der Waals surface area contributed by atoms with Crippen molar-refractivity contribution in [2.75, 3.05) is 5.32 Å². The van der Waals surface area contributed by atoms with Gasteiger partial charge in [-0.1, -0.05) is 6.07 Å². The molecule has 0 aliphatic rings. The molecule has 170 valence electrons. The van der Waals surface area contributed by atoms with E-state index in [9.17, 15) is 20.0 Å². The SMILES string of the molecule is CC(Nc1c([N+](=O)[O-])ccnc1-c1ccc2c(c1)c(-c1cnn(C)c1)nn2C)C(C)C(=O)O. The smallest absolute Gasteiger partial charge is 0.308 e. The van der Waals surface area contributed by atoms with E-state index in [1.807, 2.05) is 38.5 Å². The zero-order valence-electron chi connectivity index (χ0n) is 18.6. The number of anilines is 1. The molecule has 3 heterocycles. The van der Waals surface area contributed by atoms with Crippen molar-refractivity contribution in [1.82, 2.24) is 24.5 Å². The van der Waals surface area contributed by atoms with E-state index in [0.29, 0.717) is 11.3 Å². The van der Waals surface area contributed by atoms with E-state index >= 15 is 0 Å². The molecule has 0 aliphatic heterocycles. The summed E-state index contributed by atoms with van der Waals surface area (Å²) in [6.45, 7) is 3.22. The maximum absolute atomic E-state index is 11.7. The first kappa shape index (κ1) is 21.9. The number of nitrogens with one attached hydrogen (secondary N) is 1. The number of aromatic nitrogens is 5. The second-order valence-electron chi connectivity index (χ2n) is 7.98. The molecule has 0 saturated carbocycles. The number of carbonyl (C=O) groups is 1. The summed E-state index contributed by atoms with van der Waals surface area (Å²) in [5.41, 5.74) is 3.45. The Balaban J connectivity index is 1.88. The van der Waals surface area contributed by atoms with Crippen molar-refractivity contribution in [3.8, 4) is 22.5 Å². The summed E-state index contributed by atoms with van der Waals surface area (Å²) in [5, 5.41) is 33.8. The second-order valence-corrected chi connectivity index (χ2v) is 7.98. The molecular weight excluding hydrogens is 426 g/mol. The average molecular weight is 449 g/mol. The van der Waals surface area contributed by atoms with Gasteiger partial charge < -0.3 is 10.4 Å². The Kier molecular flexibility index (Phi) is 5.54. The summed E-state index contributed by atoms with van der Waals surface area (Å²) in [6.07, 6.45) is 4.96. The molecular formula is C22H23N7O4. The first-order valence-electron chi connectivity index (χ1n) is 10.3. The number of nitro groups is 1. The van der Waals surface area contributed by atoms with Crippen molar-refractivity contribution in [2.45, 2.75) is 19.9 Å². The summed E-state index contributed by atoms with van der Waals surface area (Å²) >= 11 is 0. The fourth-order valence-corrected chi connectivity index (χ4v) is 3.70. The van der Waals surface area contributed by atoms with Crippen molar-refractivity contribution >= 4 is 28.2 Å². The van der Waals surface area contributed by atoms with Gasteiger partial charge in [0.05, 0.1) is 22.6 Å². The normalized spacial score (nSPS) is 13.1. The molecule has 1 aromatic carbocycles. The molecule has 0 saturated heterocycles. The van der Waals surface area contributed by atoms with Gasteiger partial charge in [0, 0.05) is 55.1 Å². The number of benzene rings is 1. The lowest BCUT2D eigenvalue weighted by molar-refractivity contribution is -0.384. The highest BCUT2D eigenvalue weighted by atomic mass is 16.6. The van der Waals surface area contributed by atoms with Crippen LogP contribution in [0.4, 0.5) is 11.4 Å². The zero-order valence-corrected chi connectivity index (χ0v) is 18.6. The first-order valence-corrected chi connectivity index (χ1v) is 10.3. The number of carboxylic acids is 1. The molecule has 0 spiro atoms. The Bertz CT molecular complexity index is 1370. The van der Waals surface area contributed by atoms with Crippen LogP contribution in [0.15, 0.2) is 42.9 Å². The molecule has 11 heteroatoms. The number of aliphatic carboxylic acids is 1. The lowest BCUT2D eigenvalue weighted by Crippen LogP contribution is -2.30. The fourth-order valence-electron chi connectivity index (χ4n) is 3.70. The van der Waals surface area contributed by atoms with Gasteiger partial charge in [-0.05, 0) is 26.0 Å². The number of carboxylic acid groups (broad SMARTS) is 1. The molecule has 0 amide bonds. The number of fused-ring (bicyclic) bond motifs is 1. The van der Waals surface area contributed by atoms with Crippen molar-refractivity contribution in [1.29, 1.82) is 0 Å². The number of hydrogen-bond acceptors (Lipinski definition) is 7. The monoisotopic (exact) mass is 449 g/mol. The Hall–Kier alpha value is -4.28. The summed E-state index contributed by atoms with van der Waals surface area (Å²) in [7, 11) is 3.67. The number of nitrogens with zero attached hydrogens (tertiary/aromatic N) is 6. The van der Waals surface area contributed by atoms with Gasteiger partial charge in [0.1, 0.15) is 17.1 Å². The Labute approximate surface area is 188 Å². The lowest BCUT2D eigenvalue weighted by atomic mass is 10.0. The molecule has 33 heavy (non-hydrogen) atoms. The Morgan fingerprint density at radius 1 is 1.18 bits per heavy atom. The van der Waals surface area contributed by atoms with Crippen LogP contribution in [0.5, 0.6) is 0 Å². The van der Waals surface area contributed by atoms with E-state index in [2.05, 4.69) is 20.5 Å². The molecule has 3 aromatic heterocycles. The van der Waals surface area contributed by atoms with Crippen molar-refractivity contribution in [3.05, 3.63) is 53.0 Å². The van der Waals surface area contributed by atoms with Gasteiger partial charge in [-0.25, -0.2) is 0 Å². The van der Waals surface area contributed by atoms with Gasteiger partial charge >= 0.3 is 5.97 Å². The van der Waals surface area contributed by atoms with E-state index in [1.54, 1.807) is 29.4 Å². The maximum atomic E-state index is 11.7. The third-order valence-electron chi connectivity index (χ3n) is 5.74. The third-order valence-corrected chi connectivity index (χ3v) is 5.74. The molecule has 4 rings (SSSR count). The molecule has 4 aromatic rings. The largest absolute Gasteiger partial charge is 0.481 e.